The lowest BCUT2D eigenvalue weighted by Gasteiger charge is -2.26. The minimum Gasteiger partial charge on any atom is -0.441 e. The van der Waals surface area contributed by atoms with E-state index in [1.807, 2.05) is 6.07 Å². The molecule has 122 valence electrons. The summed E-state index contributed by atoms with van der Waals surface area (Å²) in [4.78, 5) is 12.5. The van der Waals surface area contributed by atoms with Crippen molar-refractivity contribution in [1.82, 2.24) is 0 Å². The van der Waals surface area contributed by atoms with Gasteiger partial charge in [0.05, 0.1) is 29.8 Å². The fourth-order valence-corrected chi connectivity index (χ4v) is 2.48. The Hall–Kier alpha value is -3.11. The molecule has 0 radical (unpaired) electrons. The first-order valence-corrected chi connectivity index (χ1v) is 7.46. The van der Waals surface area contributed by atoms with E-state index >= 15 is 0 Å². The number of nitro groups is 1. The molecule has 0 N–H and O–H groups in total. The third-order valence-corrected chi connectivity index (χ3v) is 3.71. The van der Waals surface area contributed by atoms with Gasteiger partial charge in [-0.1, -0.05) is 12.1 Å². The number of ether oxygens (including phenoxy) is 1. The number of nitro benzene ring substituents is 1. The maximum Gasteiger partial charge on any atom is 0.270 e. The van der Waals surface area contributed by atoms with Gasteiger partial charge in [0.15, 0.2) is 5.88 Å². The van der Waals surface area contributed by atoms with Crippen molar-refractivity contribution in [2.24, 2.45) is 0 Å². The zero-order valence-corrected chi connectivity index (χ0v) is 12.8. The summed E-state index contributed by atoms with van der Waals surface area (Å²) in [7, 11) is 0. The number of hydrogen-bond acceptors (Lipinski definition) is 6. The van der Waals surface area contributed by atoms with Gasteiger partial charge < -0.3 is 14.1 Å². The number of nitriles is 1. The molecule has 1 aliphatic rings. The molecule has 7 heteroatoms. The Kier molecular flexibility index (Phi) is 4.59. The van der Waals surface area contributed by atoms with Crippen LogP contribution in [0, 0.1) is 21.4 Å². The molecule has 0 amide bonds. The Morgan fingerprint density at radius 1 is 1.29 bits per heavy atom. The second kappa shape index (κ2) is 6.98. The molecular formula is C17H15N3O4. The van der Waals surface area contributed by atoms with Crippen molar-refractivity contribution >= 4 is 23.2 Å². The Balaban J connectivity index is 1.86. The van der Waals surface area contributed by atoms with Gasteiger partial charge in [-0.3, -0.25) is 10.1 Å². The lowest BCUT2D eigenvalue weighted by Crippen LogP contribution is -2.35. The van der Waals surface area contributed by atoms with Crippen LogP contribution in [0.4, 0.5) is 11.6 Å². The van der Waals surface area contributed by atoms with Crippen LogP contribution in [0.5, 0.6) is 0 Å². The average Bonchev–Trinajstić information content (AvgIpc) is 3.09. The van der Waals surface area contributed by atoms with Crippen LogP contribution in [-0.4, -0.2) is 31.2 Å². The van der Waals surface area contributed by atoms with Gasteiger partial charge in [0.25, 0.3) is 5.69 Å². The molecule has 1 aromatic carbocycles. The van der Waals surface area contributed by atoms with Crippen LogP contribution < -0.4 is 4.90 Å². The van der Waals surface area contributed by atoms with Crippen molar-refractivity contribution in [2.45, 2.75) is 0 Å². The van der Waals surface area contributed by atoms with Gasteiger partial charge in [0, 0.05) is 31.3 Å². The zero-order valence-electron chi connectivity index (χ0n) is 12.8. The maximum absolute atomic E-state index is 10.9. The quantitative estimate of drug-likeness (QED) is 0.487. The fraction of sp³-hybridized carbons (Fsp3) is 0.235. The molecule has 0 unspecified atom stereocenters. The van der Waals surface area contributed by atoms with E-state index in [1.54, 1.807) is 24.3 Å². The van der Waals surface area contributed by atoms with Gasteiger partial charge in [0.2, 0.25) is 0 Å². The highest BCUT2D eigenvalue weighted by atomic mass is 16.6. The summed E-state index contributed by atoms with van der Waals surface area (Å²) < 4.78 is 11.1. The third kappa shape index (κ3) is 3.45. The zero-order chi connectivity index (χ0) is 16.9. The highest BCUT2D eigenvalue weighted by Gasteiger charge is 2.15. The van der Waals surface area contributed by atoms with Crippen LogP contribution in [0.15, 0.2) is 40.8 Å². The molecule has 24 heavy (non-hydrogen) atoms. The largest absolute Gasteiger partial charge is 0.441 e. The predicted molar refractivity (Wildman–Crippen MR) is 88.3 cm³/mol. The SMILES string of the molecule is N#C/C(=C/c1ccc(N2CCOCC2)o1)c1cccc([N+](=O)[O-])c1. The molecule has 3 rings (SSSR count). The highest BCUT2D eigenvalue weighted by Crippen LogP contribution is 2.25. The number of morpholine rings is 1. The van der Waals surface area contributed by atoms with Gasteiger partial charge in [0.1, 0.15) is 5.76 Å². The summed E-state index contributed by atoms with van der Waals surface area (Å²) in [5.74, 6) is 1.25. The van der Waals surface area contributed by atoms with Gasteiger partial charge in [-0.15, -0.1) is 0 Å². The van der Waals surface area contributed by atoms with E-state index in [1.165, 1.54) is 12.1 Å². The van der Waals surface area contributed by atoms with E-state index in [0.29, 0.717) is 30.1 Å². The third-order valence-electron chi connectivity index (χ3n) is 3.71. The monoisotopic (exact) mass is 325 g/mol. The van der Waals surface area contributed by atoms with Crippen molar-refractivity contribution in [3.05, 3.63) is 57.8 Å². The van der Waals surface area contributed by atoms with E-state index in [-0.39, 0.29) is 5.69 Å². The van der Waals surface area contributed by atoms with Crippen LogP contribution in [0.3, 0.4) is 0 Å². The molecule has 0 bridgehead atoms. The Bertz CT molecular complexity index is 813. The lowest BCUT2D eigenvalue weighted by atomic mass is 10.1. The average molecular weight is 325 g/mol. The van der Waals surface area contributed by atoms with Crippen molar-refractivity contribution < 1.29 is 14.1 Å². The number of non-ortho nitro benzene ring substituents is 1. The van der Waals surface area contributed by atoms with Gasteiger partial charge in [-0.2, -0.15) is 5.26 Å². The van der Waals surface area contributed by atoms with Gasteiger partial charge in [-0.25, -0.2) is 0 Å². The Morgan fingerprint density at radius 2 is 2.08 bits per heavy atom. The second-order valence-corrected chi connectivity index (χ2v) is 5.25. The Morgan fingerprint density at radius 3 is 2.79 bits per heavy atom. The molecule has 1 fully saturated rings. The molecule has 7 nitrogen and oxygen atoms in total. The highest BCUT2D eigenvalue weighted by molar-refractivity contribution is 5.89. The number of allylic oxidation sites excluding steroid dienone is 1. The first kappa shape index (κ1) is 15.8. The lowest BCUT2D eigenvalue weighted by molar-refractivity contribution is -0.384. The number of nitrogens with zero attached hydrogens (tertiary/aromatic N) is 3. The van der Waals surface area contributed by atoms with Crippen LogP contribution in [0.25, 0.3) is 11.6 Å². The molecule has 2 heterocycles. The normalized spacial score (nSPS) is 15.1. The number of hydrogen-bond donors (Lipinski definition) is 0. The number of anilines is 1. The Labute approximate surface area is 138 Å². The molecule has 1 aromatic heterocycles. The first-order valence-electron chi connectivity index (χ1n) is 7.46. The molecule has 1 aliphatic heterocycles. The molecule has 1 saturated heterocycles. The molecule has 0 atom stereocenters. The van der Waals surface area contributed by atoms with E-state index in [4.69, 9.17) is 9.15 Å². The van der Waals surface area contributed by atoms with Crippen LogP contribution in [0.2, 0.25) is 0 Å². The number of benzene rings is 1. The molecule has 0 aliphatic carbocycles. The van der Waals surface area contributed by atoms with Crippen molar-refractivity contribution in [3.8, 4) is 6.07 Å². The number of rotatable bonds is 4. The topological polar surface area (TPSA) is 92.5 Å². The van der Waals surface area contributed by atoms with Crippen molar-refractivity contribution in [1.29, 1.82) is 5.26 Å². The summed E-state index contributed by atoms with van der Waals surface area (Å²) in [6.45, 7) is 2.82. The molecule has 0 spiro atoms. The summed E-state index contributed by atoms with van der Waals surface area (Å²) in [5, 5.41) is 20.2. The molecular weight excluding hydrogens is 310 g/mol. The van der Waals surface area contributed by atoms with Gasteiger partial charge >= 0.3 is 0 Å². The smallest absolute Gasteiger partial charge is 0.270 e. The van der Waals surface area contributed by atoms with Gasteiger partial charge in [-0.05, 0) is 17.7 Å². The second-order valence-electron chi connectivity index (χ2n) is 5.25. The maximum atomic E-state index is 10.9. The summed E-state index contributed by atoms with van der Waals surface area (Å²) in [6.07, 6.45) is 1.59. The minimum absolute atomic E-state index is 0.0536. The summed E-state index contributed by atoms with van der Waals surface area (Å²) in [6, 6.07) is 11.7. The van der Waals surface area contributed by atoms with Crippen molar-refractivity contribution in [3.63, 3.8) is 0 Å². The molecule has 0 saturated carbocycles. The van der Waals surface area contributed by atoms with Crippen LogP contribution in [0.1, 0.15) is 11.3 Å². The summed E-state index contributed by atoms with van der Waals surface area (Å²) in [5.41, 5.74) is 0.736. The van der Waals surface area contributed by atoms with E-state index in [9.17, 15) is 15.4 Å². The fourth-order valence-electron chi connectivity index (χ4n) is 2.48. The van der Waals surface area contributed by atoms with Crippen LogP contribution in [-0.2, 0) is 4.74 Å². The minimum atomic E-state index is -0.484. The first-order chi connectivity index (χ1) is 11.7. The standard InChI is InChI=1S/C17H15N3O4/c18-12-14(13-2-1-3-15(10-13)20(21)22)11-16-4-5-17(24-16)19-6-8-23-9-7-19/h1-5,10-11H,6-9H2/b14-11-. The van der Waals surface area contributed by atoms with Crippen molar-refractivity contribution in [2.75, 3.05) is 31.2 Å². The summed E-state index contributed by atoms with van der Waals surface area (Å²) >= 11 is 0. The van der Waals surface area contributed by atoms with E-state index < -0.39 is 4.92 Å². The van der Waals surface area contributed by atoms with Crippen LogP contribution >= 0.6 is 0 Å². The van der Waals surface area contributed by atoms with E-state index in [0.717, 1.165) is 19.0 Å². The number of furan rings is 1. The predicted octanol–water partition coefficient (Wildman–Crippen LogP) is 3.09. The molecule has 2 aromatic rings. The van der Waals surface area contributed by atoms with E-state index in [2.05, 4.69) is 11.0 Å².